The normalized spacial score (nSPS) is 33.6. The van der Waals surface area contributed by atoms with Gasteiger partial charge < -0.3 is 4.74 Å². The highest BCUT2D eigenvalue weighted by Gasteiger charge is 2.50. The molecular weight excluding hydrogens is 236 g/mol. The molecule has 2 atom stereocenters. The molecule has 0 spiro atoms. The summed E-state index contributed by atoms with van der Waals surface area (Å²) in [7, 11) is 1.56. The number of hydrogen-bond acceptors (Lipinski definition) is 2. The predicted molar refractivity (Wildman–Crippen MR) is 77.9 cm³/mol. The molecule has 0 N–H and O–H groups in total. The number of fused-ring (bicyclic) bond motifs is 1. The van der Waals surface area contributed by atoms with Crippen LogP contribution in [0, 0.1) is 11.3 Å². The molecule has 19 heavy (non-hydrogen) atoms. The van der Waals surface area contributed by atoms with Crippen molar-refractivity contribution in [3.63, 3.8) is 0 Å². The molecule has 2 heteroatoms. The zero-order valence-electron chi connectivity index (χ0n) is 12.5. The third kappa shape index (κ3) is 3.04. The molecule has 2 fully saturated rings. The van der Waals surface area contributed by atoms with E-state index in [1.165, 1.54) is 44.1 Å². The van der Waals surface area contributed by atoms with Crippen LogP contribution in [0.15, 0.2) is 11.6 Å². The van der Waals surface area contributed by atoms with Crippen LogP contribution in [0.25, 0.3) is 0 Å². The lowest BCUT2D eigenvalue weighted by molar-refractivity contribution is -0.156. The molecule has 108 valence electrons. The van der Waals surface area contributed by atoms with Crippen LogP contribution in [-0.4, -0.2) is 13.1 Å². The van der Waals surface area contributed by atoms with Gasteiger partial charge >= 0.3 is 5.97 Å². The van der Waals surface area contributed by atoms with Crippen molar-refractivity contribution in [2.24, 2.45) is 11.3 Å². The maximum atomic E-state index is 12.4. The van der Waals surface area contributed by atoms with E-state index in [9.17, 15) is 4.79 Å². The second-order valence-corrected chi connectivity index (χ2v) is 6.33. The highest BCUT2D eigenvalue weighted by atomic mass is 16.5. The molecule has 0 radical (unpaired) electrons. The van der Waals surface area contributed by atoms with E-state index in [1.807, 2.05) is 0 Å². The first-order valence-electron chi connectivity index (χ1n) is 7.99. The molecule has 0 aromatic heterocycles. The standard InChI is InChI=1S/C17H28O2/c1-3-4-9-14-12-15-10-7-5-6-8-11-17(15,13-14)16(18)19-2/h9,15H,3-8,10-13H2,1-2H3/b14-9+/t15-,17+/m0/s1. The topological polar surface area (TPSA) is 26.3 Å². The summed E-state index contributed by atoms with van der Waals surface area (Å²) in [5.74, 6) is 0.586. The average Bonchev–Trinajstić information content (AvgIpc) is 2.74. The molecule has 2 saturated carbocycles. The molecule has 0 aliphatic heterocycles. The van der Waals surface area contributed by atoms with Crippen molar-refractivity contribution in [1.82, 2.24) is 0 Å². The quantitative estimate of drug-likeness (QED) is 0.548. The van der Waals surface area contributed by atoms with E-state index in [2.05, 4.69) is 13.0 Å². The average molecular weight is 264 g/mol. The first kappa shape index (κ1) is 14.6. The number of allylic oxidation sites excluding steroid dienone is 2. The molecular formula is C17H28O2. The van der Waals surface area contributed by atoms with E-state index in [0.717, 1.165) is 25.7 Å². The third-order valence-corrected chi connectivity index (χ3v) is 5.07. The van der Waals surface area contributed by atoms with Gasteiger partial charge in [0, 0.05) is 0 Å². The van der Waals surface area contributed by atoms with Crippen LogP contribution < -0.4 is 0 Å². The molecule has 2 aliphatic carbocycles. The Bertz CT molecular complexity index is 345. The van der Waals surface area contributed by atoms with Crippen LogP contribution >= 0.6 is 0 Å². The molecule has 0 unspecified atom stereocenters. The molecule has 0 aromatic carbocycles. The number of ether oxygens (including phenoxy) is 1. The van der Waals surface area contributed by atoms with Gasteiger partial charge in [0.15, 0.2) is 0 Å². The predicted octanol–water partition coefficient (Wildman–Crippen LogP) is 4.64. The third-order valence-electron chi connectivity index (χ3n) is 5.07. The van der Waals surface area contributed by atoms with Crippen LogP contribution in [0.4, 0.5) is 0 Å². The second-order valence-electron chi connectivity index (χ2n) is 6.33. The maximum absolute atomic E-state index is 12.4. The summed E-state index contributed by atoms with van der Waals surface area (Å²) in [4.78, 5) is 12.4. The van der Waals surface area contributed by atoms with Gasteiger partial charge in [-0.2, -0.15) is 0 Å². The van der Waals surface area contributed by atoms with Crippen LogP contribution in [0.2, 0.25) is 0 Å². The van der Waals surface area contributed by atoms with Gasteiger partial charge in [-0.25, -0.2) is 0 Å². The summed E-state index contributed by atoms with van der Waals surface area (Å²) in [6.45, 7) is 2.21. The van der Waals surface area contributed by atoms with Crippen molar-refractivity contribution in [3.8, 4) is 0 Å². The largest absolute Gasteiger partial charge is 0.469 e. The number of rotatable bonds is 3. The Hall–Kier alpha value is -0.790. The van der Waals surface area contributed by atoms with Gasteiger partial charge in [0.25, 0.3) is 0 Å². The maximum Gasteiger partial charge on any atom is 0.312 e. The van der Waals surface area contributed by atoms with E-state index in [-0.39, 0.29) is 11.4 Å². The number of unbranched alkanes of at least 4 members (excludes halogenated alkanes) is 1. The number of esters is 1. The van der Waals surface area contributed by atoms with E-state index in [4.69, 9.17) is 4.74 Å². The SMILES string of the molecule is CCC/C=C1\C[C@@H]2CCCCCC[C@@]2(C(=O)OC)C1. The molecule has 0 bridgehead atoms. The molecule has 0 aromatic rings. The minimum Gasteiger partial charge on any atom is -0.469 e. The van der Waals surface area contributed by atoms with Gasteiger partial charge in [0.2, 0.25) is 0 Å². The molecule has 0 amide bonds. The van der Waals surface area contributed by atoms with Crippen LogP contribution in [0.1, 0.15) is 71.1 Å². The highest BCUT2D eigenvalue weighted by Crippen LogP contribution is 2.53. The monoisotopic (exact) mass is 264 g/mol. The zero-order chi connectivity index (χ0) is 13.7. The van der Waals surface area contributed by atoms with Crippen LogP contribution in [0.5, 0.6) is 0 Å². The Morgan fingerprint density at radius 2 is 2.16 bits per heavy atom. The fraction of sp³-hybridized carbons (Fsp3) is 0.824. The molecule has 0 saturated heterocycles. The Morgan fingerprint density at radius 1 is 1.37 bits per heavy atom. The van der Waals surface area contributed by atoms with Gasteiger partial charge in [-0.3, -0.25) is 4.79 Å². The fourth-order valence-electron chi connectivity index (χ4n) is 4.04. The zero-order valence-corrected chi connectivity index (χ0v) is 12.5. The van der Waals surface area contributed by atoms with Crippen molar-refractivity contribution >= 4 is 5.97 Å². The van der Waals surface area contributed by atoms with Gasteiger partial charge in [0.1, 0.15) is 0 Å². The van der Waals surface area contributed by atoms with Crippen molar-refractivity contribution < 1.29 is 9.53 Å². The smallest absolute Gasteiger partial charge is 0.312 e. The summed E-state index contributed by atoms with van der Waals surface area (Å²) in [6, 6.07) is 0. The van der Waals surface area contributed by atoms with E-state index < -0.39 is 0 Å². The second kappa shape index (κ2) is 6.58. The van der Waals surface area contributed by atoms with Crippen LogP contribution in [-0.2, 0) is 9.53 Å². The van der Waals surface area contributed by atoms with Gasteiger partial charge in [-0.05, 0) is 38.0 Å². The Balaban J connectivity index is 2.21. The Kier molecular flexibility index (Phi) is 5.06. The van der Waals surface area contributed by atoms with E-state index in [0.29, 0.717) is 5.92 Å². The summed E-state index contributed by atoms with van der Waals surface area (Å²) < 4.78 is 5.18. The van der Waals surface area contributed by atoms with E-state index in [1.54, 1.807) is 7.11 Å². The van der Waals surface area contributed by atoms with E-state index >= 15 is 0 Å². The number of carbonyl (C=O) groups is 1. The van der Waals surface area contributed by atoms with Gasteiger partial charge in [-0.1, -0.05) is 50.7 Å². The van der Waals surface area contributed by atoms with Crippen molar-refractivity contribution in [2.75, 3.05) is 7.11 Å². The van der Waals surface area contributed by atoms with Crippen molar-refractivity contribution in [1.29, 1.82) is 0 Å². The van der Waals surface area contributed by atoms with Crippen LogP contribution in [0.3, 0.4) is 0 Å². The van der Waals surface area contributed by atoms with Gasteiger partial charge in [-0.15, -0.1) is 0 Å². The number of carbonyl (C=O) groups excluding carboxylic acids is 1. The minimum atomic E-state index is -0.186. The molecule has 2 aliphatic rings. The fourth-order valence-corrected chi connectivity index (χ4v) is 4.04. The lowest BCUT2D eigenvalue weighted by Crippen LogP contribution is -2.36. The molecule has 2 rings (SSSR count). The minimum absolute atomic E-state index is 0.0549. The van der Waals surface area contributed by atoms with Crippen molar-refractivity contribution in [3.05, 3.63) is 11.6 Å². The molecule has 0 heterocycles. The summed E-state index contributed by atoms with van der Waals surface area (Å²) in [6.07, 6.45) is 14.2. The summed E-state index contributed by atoms with van der Waals surface area (Å²) in [5.41, 5.74) is 1.33. The Labute approximate surface area is 117 Å². The summed E-state index contributed by atoms with van der Waals surface area (Å²) in [5, 5.41) is 0. The lowest BCUT2D eigenvalue weighted by Gasteiger charge is -2.34. The highest BCUT2D eigenvalue weighted by molar-refractivity contribution is 5.78. The number of methoxy groups -OCH3 is 1. The van der Waals surface area contributed by atoms with Crippen molar-refractivity contribution in [2.45, 2.75) is 71.1 Å². The molecule has 2 nitrogen and oxygen atoms in total. The number of hydrogen-bond donors (Lipinski definition) is 0. The Morgan fingerprint density at radius 3 is 2.89 bits per heavy atom. The first-order chi connectivity index (χ1) is 9.23. The van der Waals surface area contributed by atoms with Gasteiger partial charge in [0.05, 0.1) is 12.5 Å². The lowest BCUT2D eigenvalue weighted by atomic mass is 9.70. The first-order valence-corrected chi connectivity index (χ1v) is 7.99. The summed E-state index contributed by atoms with van der Waals surface area (Å²) >= 11 is 0.